The van der Waals surface area contributed by atoms with Gasteiger partial charge < -0.3 is 5.32 Å². The molecular formula is C14H12ClNOS. The molecule has 2 nitrogen and oxygen atoms in total. The van der Waals surface area contributed by atoms with Gasteiger partial charge in [-0.2, -0.15) is 0 Å². The van der Waals surface area contributed by atoms with Crippen LogP contribution in [0.25, 0.3) is 0 Å². The maximum absolute atomic E-state index is 12.1. The van der Waals surface area contributed by atoms with Crippen LogP contribution < -0.4 is 5.32 Å². The Morgan fingerprint density at radius 2 is 1.94 bits per heavy atom. The standard InChI is InChI=1S/C14H12ClNOS/c1-9-6-7-12(11(15)8-9)16-14(17)10-4-2-3-5-13(10)18/h2-8,18H,1H3,(H,16,17). The van der Waals surface area contributed by atoms with Crippen LogP contribution in [0.2, 0.25) is 5.02 Å². The third-order valence-corrected chi connectivity index (χ3v) is 3.22. The van der Waals surface area contributed by atoms with Crippen LogP contribution in [-0.4, -0.2) is 5.91 Å². The molecule has 1 N–H and O–H groups in total. The molecule has 0 aliphatic heterocycles. The lowest BCUT2D eigenvalue weighted by Crippen LogP contribution is -2.12. The Labute approximate surface area is 116 Å². The highest BCUT2D eigenvalue weighted by atomic mass is 35.5. The second-order valence-electron chi connectivity index (χ2n) is 3.95. The van der Waals surface area contributed by atoms with Gasteiger partial charge in [0.25, 0.3) is 5.91 Å². The van der Waals surface area contributed by atoms with Crippen LogP contribution in [0.15, 0.2) is 47.4 Å². The number of carbonyl (C=O) groups is 1. The fourth-order valence-corrected chi connectivity index (χ4v) is 2.12. The Kier molecular flexibility index (Phi) is 3.94. The van der Waals surface area contributed by atoms with E-state index in [9.17, 15) is 4.79 Å². The van der Waals surface area contributed by atoms with Gasteiger partial charge in [-0.3, -0.25) is 4.79 Å². The minimum absolute atomic E-state index is 0.216. The van der Waals surface area contributed by atoms with E-state index >= 15 is 0 Å². The molecule has 0 saturated carbocycles. The number of rotatable bonds is 2. The summed E-state index contributed by atoms with van der Waals surface area (Å²) >= 11 is 10.3. The molecule has 4 heteroatoms. The first-order chi connectivity index (χ1) is 8.58. The second kappa shape index (κ2) is 5.46. The first-order valence-electron chi connectivity index (χ1n) is 5.43. The van der Waals surface area contributed by atoms with Crippen LogP contribution in [-0.2, 0) is 0 Å². The number of amides is 1. The van der Waals surface area contributed by atoms with Gasteiger partial charge in [0.2, 0.25) is 0 Å². The Hall–Kier alpha value is -1.45. The van der Waals surface area contributed by atoms with Gasteiger partial charge in [-0.05, 0) is 36.8 Å². The number of benzene rings is 2. The van der Waals surface area contributed by atoms with E-state index in [4.69, 9.17) is 11.6 Å². The summed E-state index contributed by atoms with van der Waals surface area (Å²) in [5.74, 6) is -0.216. The number of nitrogens with one attached hydrogen (secondary N) is 1. The van der Waals surface area contributed by atoms with E-state index in [0.29, 0.717) is 21.2 Å². The summed E-state index contributed by atoms with van der Waals surface area (Å²) in [6.07, 6.45) is 0. The predicted octanol–water partition coefficient (Wildman–Crippen LogP) is 4.19. The van der Waals surface area contributed by atoms with Crippen LogP contribution in [0.1, 0.15) is 15.9 Å². The van der Waals surface area contributed by atoms with Crippen LogP contribution in [0.5, 0.6) is 0 Å². The van der Waals surface area contributed by atoms with Gasteiger partial charge in [-0.15, -0.1) is 12.6 Å². The minimum Gasteiger partial charge on any atom is -0.321 e. The van der Waals surface area contributed by atoms with Gasteiger partial charge in [0.05, 0.1) is 16.3 Å². The molecule has 0 unspecified atom stereocenters. The normalized spacial score (nSPS) is 10.2. The van der Waals surface area contributed by atoms with Gasteiger partial charge in [0.15, 0.2) is 0 Å². The lowest BCUT2D eigenvalue weighted by atomic mass is 10.2. The Morgan fingerprint density at radius 3 is 2.61 bits per heavy atom. The molecule has 0 aromatic heterocycles. The average molecular weight is 278 g/mol. The summed E-state index contributed by atoms with van der Waals surface area (Å²) in [5.41, 5.74) is 2.17. The smallest absolute Gasteiger partial charge is 0.256 e. The summed E-state index contributed by atoms with van der Waals surface area (Å²) in [6, 6.07) is 12.6. The van der Waals surface area contributed by atoms with E-state index in [-0.39, 0.29) is 5.91 Å². The maximum atomic E-state index is 12.1. The molecule has 0 saturated heterocycles. The fourth-order valence-electron chi connectivity index (χ4n) is 1.58. The van der Waals surface area contributed by atoms with Gasteiger partial charge in [0, 0.05) is 4.90 Å². The van der Waals surface area contributed by atoms with Gasteiger partial charge in [-0.1, -0.05) is 29.8 Å². The van der Waals surface area contributed by atoms with Crippen molar-refractivity contribution in [2.24, 2.45) is 0 Å². The third kappa shape index (κ3) is 2.86. The van der Waals surface area contributed by atoms with Crippen molar-refractivity contribution in [3.05, 3.63) is 58.6 Å². The highest BCUT2D eigenvalue weighted by Gasteiger charge is 2.10. The largest absolute Gasteiger partial charge is 0.321 e. The molecule has 2 aromatic carbocycles. The van der Waals surface area contributed by atoms with Crippen molar-refractivity contribution in [3.8, 4) is 0 Å². The Bertz CT molecular complexity index is 598. The van der Waals surface area contributed by atoms with Gasteiger partial charge in [-0.25, -0.2) is 0 Å². The molecule has 0 heterocycles. The molecule has 92 valence electrons. The molecule has 0 radical (unpaired) electrons. The summed E-state index contributed by atoms with van der Waals surface area (Å²) in [5, 5.41) is 3.30. The molecule has 0 bridgehead atoms. The highest BCUT2D eigenvalue weighted by Crippen LogP contribution is 2.24. The molecule has 18 heavy (non-hydrogen) atoms. The second-order valence-corrected chi connectivity index (χ2v) is 4.84. The van der Waals surface area contributed by atoms with Crippen molar-refractivity contribution in [2.45, 2.75) is 11.8 Å². The van der Waals surface area contributed by atoms with Crippen molar-refractivity contribution >= 4 is 35.8 Å². The van der Waals surface area contributed by atoms with E-state index in [1.807, 2.05) is 25.1 Å². The van der Waals surface area contributed by atoms with Gasteiger partial charge >= 0.3 is 0 Å². The lowest BCUT2D eigenvalue weighted by molar-refractivity contribution is 0.102. The zero-order chi connectivity index (χ0) is 13.1. The highest BCUT2D eigenvalue weighted by molar-refractivity contribution is 7.80. The van der Waals surface area contributed by atoms with E-state index in [2.05, 4.69) is 17.9 Å². The van der Waals surface area contributed by atoms with E-state index < -0.39 is 0 Å². The molecule has 0 atom stereocenters. The number of anilines is 1. The topological polar surface area (TPSA) is 29.1 Å². The van der Waals surface area contributed by atoms with Crippen LogP contribution >= 0.6 is 24.2 Å². The quantitative estimate of drug-likeness (QED) is 0.792. The first kappa shape index (κ1) is 13.0. The molecule has 0 fully saturated rings. The third-order valence-electron chi connectivity index (χ3n) is 2.52. The van der Waals surface area contributed by atoms with E-state index in [1.54, 1.807) is 24.3 Å². The van der Waals surface area contributed by atoms with Crippen molar-refractivity contribution in [2.75, 3.05) is 5.32 Å². The molecule has 0 spiro atoms. The SMILES string of the molecule is Cc1ccc(NC(=O)c2ccccc2S)c(Cl)c1. The lowest BCUT2D eigenvalue weighted by Gasteiger charge is -2.09. The van der Waals surface area contributed by atoms with E-state index in [1.165, 1.54) is 0 Å². The number of halogens is 1. The van der Waals surface area contributed by atoms with Gasteiger partial charge in [0.1, 0.15) is 0 Å². The van der Waals surface area contributed by atoms with Crippen molar-refractivity contribution in [1.82, 2.24) is 0 Å². The van der Waals surface area contributed by atoms with Crippen molar-refractivity contribution < 1.29 is 4.79 Å². The van der Waals surface area contributed by atoms with Crippen LogP contribution in [0.4, 0.5) is 5.69 Å². The van der Waals surface area contributed by atoms with Crippen LogP contribution in [0, 0.1) is 6.92 Å². The average Bonchev–Trinajstić information content (AvgIpc) is 2.33. The Balaban J connectivity index is 2.24. The zero-order valence-corrected chi connectivity index (χ0v) is 11.4. The zero-order valence-electron chi connectivity index (χ0n) is 9.77. The first-order valence-corrected chi connectivity index (χ1v) is 6.26. The minimum atomic E-state index is -0.216. The monoisotopic (exact) mass is 277 g/mol. The van der Waals surface area contributed by atoms with Crippen molar-refractivity contribution in [1.29, 1.82) is 0 Å². The van der Waals surface area contributed by atoms with Crippen LogP contribution in [0.3, 0.4) is 0 Å². The number of carbonyl (C=O) groups excluding carboxylic acids is 1. The predicted molar refractivity (Wildman–Crippen MR) is 77.8 cm³/mol. The number of aryl methyl sites for hydroxylation is 1. The molecule has 0 aliphatic rings. The number of hydrogen-bond acceptors (Lipinski definition) is 2. The number of hydrogen-bond donors (Lipinski definition) is 2. The summed E-state index contributed by atoms with van der Waals surface area (Å²) in [7, 11) is 0. The van der Waals surface area contributed by atoms with E-state index in [0.717, 1.165) is 5.56 Å². The molecule has 1 amide bonds. The molecular weight excluding hydrogens is 266 g/mol. The molecule has 0 aliphatic carbocycles. The maximum Gasteiger partial charge on any atom is 0.256 e. The summed E-state index contributed by atoms with van der Waals surface area (Å²) in [4.78, 5) is 12.7. The summed E-state index contributed by atoms with van der Waals surface area (Å²) in [6.45, 7) is 1.94. The number of thiol groups is 1. The Morgan fingerprint density at radius 1 is 1.22 bits per heavy atom. The molecule has 2 aromatic rings. The summed E-state index contributed by atoms with van der Waals surface area (Å²) < 4.78 is 0. The van der Waals surface area contributed by atoms with Crippen molar-refractivity contribution in [3.63, 3.8) is 0 Å². The fraction of sp³-hybridized carbons (Fsp3) is 0.0714. The molecule has 2 rings (SSSR count).